The fourth-order valence-electron chi connectivity index (χ4n) is 5.19. The van der Waals surface area contributed by atoms with Crippen LogP contribution in [0.1, 0.15) is 61.6 Å². The van der Waals surface area contributed by atoms with E-state index in [0.29, 0.717) is 16.8 Å². The third kappa shape index (κ3) is 4.67. The van der Waals surface area contributed by atoms with E-state index < -0.39 is 10.0 Å². The SMILES string of the molecule is CS(=O)(=O)Nc1ccc(N2C(=S)NC(c3ccccn3)C2c2cccn2C2CCCCC2)cc1. The average Bonchev–Trinajstić information content (AvgIpc) is 3.44. The molecule has 2 atom stereocenters. The number of thiocarbonyl (C=S) groups is 1. The second kappa shape index (κ2) is 9.38. The lowest BCUT2D eigenvalue weighted by atomic mass is 9.94. The predicted octanol–water partition coefficient (Wildman–Crippen LogP) is 4.94. The summed E-state index contributed by atoms with van der Waals surface area (Å²) in [6.07, 6.45) is 11.3. The van der Waals surface area contributed by atoms with E-state index in [-0.39, 0.29) is 12.1 Å². The molecule has 2 N–H and O–H groups in total. The molecule has 1 aromatic carbocycles. The van der Waals surface area contributed by atoms with Crippen molar-refractivity contribution in [2.45, 2.75) is 50.2 Å². The highest BCUT2D eigenvalue weighted by molar-refractivity contribution is 7.92. The van der Waals surface area contributed by atoms with Crippen LogP contribution < -0.4 is 14.9 Å². The Labute approximate surface area is 206 Å². The van der Waals surface area contributed by atoms with Gasteiger partial charge in [-0.2, -0.15) is 0 Å². The molecule has 178 valence electrons. The monoisotopic (exact) mass is 495 g/mol. The number of benzene rings is 1. The van der Waals surface area contributed by atoms with Gasteiger partial charge in [-0.1, -0.05) is 25.3 Å². The van der Waals surface area contributed by atoms with E-state index in [1.54, 1.807) is 12.1 Å². The Morgan fingerprint density at radius 2 is 1.79 bits per heavy atom. The van der Waals surface area contributed by atoms with Crippen LogP contribution >= 0.6 is 12.2 Å². The highest BCUT2D eigenvalue weighted by Gasteiger charge is 2.42. The number of pyridine rings is 1. The summed E-state index contributed by atoms with van der Waals surface area (Å²) in [6, 6.07) is 17.9. The van der Waals surface area contributed by atoms with Crippen molar-refractivity contribution in [2.75, 3.05) is 15.9 Å². The molecule has 3 heterocycles. The fourth-order valence-corrected chi connectivity index (χ4v) is 6.10. The fraction of sp³-hybridized carbons (Fsp3) is 0.360. The van der Waals surface area contributed by atoms with Gasteiger partial charge in [0.15, 0.2) is 5.11 Å². The first kappa shape index (κ1) is 22.9. The van der Waals surface area contributed by atoms with Crippen LogP contribution in [0.15, 0.2) is 67.0 Å². The van der Waals surface area contributed by atoms with Gasteiger partial charge in [0.2, 0.25) is 10.0 Å². The maximum absolute atomic E-state index is 11.6. The molecule has 0 spiro atoms. The van der Waals surface area contributed by atoms with E-state index in [4.69, 9.17) is 12.2 Å². The number of hydrogen-bond donors (Lipinski definition) is 2. The van der Waals surface area contributed by atoms with E-state index >= 15 is 0 Å². The van der Waals surface area contributed by atoms with Gasteiger partial charge in [0, 0.05) is 35.5 Å². The van der Waals surface area contributed by atoms with E-state index in [0.717, 1.165) is 17.6 Å². The van der Waals surface area contributed by atoms with Crippen molar-refractivity contribution < 1.29 is 8.42 Å². The molecule has 2 fully saturated rings. The number of rotatable bonds is 6. The van der Waals surface area contributed by atoms with Crippen molar-refractivity contribution in [3.8, 4) is 0 Å². The minimum Gasteiger partial charge on any atom is -0.351 e. The Hall–Kier alpha value is -2.91. The molecule has 9 heteroatoms. The molecular weight excluding hydrogens is 466 g/mol. The number of hydrogen-bond acceptors (Lipinski definition) is 4. The zero-order chi connectivity index (χ0) is 23.7. The molecule has 0 amide bonds. The number of aromatic nitrogens is 2. The van der Waals surface area contributed by atoms with Gasteiger partial charge >= 0.3 is 0 Å². The summed E-state index contributed by atoms with van der Waals surface area (Å²) in [5.41, 5.74) is 3.56. The second-order valence-corrected chi connectivity index (χ2v) is 11.2. The maximum Gasteiger partial charge on any atom is 0.229 e. The first-order chi connectivity index (χ1) is 16.4. The quantitative estimate of drug-likeness (QED) is 0.472. The van der Waals surface area contributed by atoms with Crippen molar-refractivity contribution in [1.29, 1.82) is 0 Å². The van der Waals surface area contributed by atoms with Crippen LogP contribution in [0.4, 0.5) is 11.4 Å². The number of nitrogens with one attached hydrogen (secondary N) is 2. The van der Waals surface area contributed by atoms with E-state index in [1.807, 2.05) is 36.5 Å². The van der Waals surface area contributed by atoms with Gasteiger partial charge in [0.1, 0.15) is 6.04 Å². The van der Waals surface area contributed by atoms with Crippen LogP contribution in [0.5, 0.6) is 0 Å². The maximum atomic E-state index is 11.6. The molecule has 0 radical (unpaired) electrons. The van der Waals surface area contributed by atoms with Crippen LogP contribution in [-0.4, -0.2) is 29.3 Å². The van der Waals surface area contributed by atoms with Crippen LogP contribution in [0.2, 0.25) is 0 Å². The molecule has 3 aromatic rings. The molecule has 1 aliphatic heterocycles. The lowest BCUT2D eigenvalue weighted by molar-refractivity contribution is 0.340. The molecule has 7 nitrogen and oxygen atoms in total. The van der Waals surface area contributed by atoms with Crippen molar-refractivity contribution in [3.63, 3.8) is 0 Å². The summed E-state index contributed by atoms with van der Waals surface area (Å²) in [5, 5.41) is 4.14. The molecule has 2 aliphatic rings. The molecule has 1 saturated heterocycles. The molecule has 1 aliphatic carbocycles. The van der Waals surface area contributed by atoms with Gasteiger partial charge in [0.25, 0.3) is 0 Å². The Balaban J connectivity index is 1.56. The topological polar surface area (TPSA) is 79.3 Å². The summed E-state index contributed by atoms with van der Waals surface area (Å²) >= 11 is 5.84. The second-order valence-electron chi connectivity index (χ2n) is 9.05. The number of sulfonamides is 1. The van der Waals surface area contributed by atoms with Crippen LogP contribution in [0.3, 0.4) is 0 Å². The largest absolute Gasteiger partial charge is 0.351 e. The Bertz CT molecular complexity index is 1250. The van der Waals surface area contributed by atoms with Gasteiger partial charge in [-0.05, 0) is 73.6 Å². The Morgan fingerprint density at radius 3 is 2.47 bits per heavy atom. The van der Waals surface area contributed by atoms with Crippen LogP contribution in [0.25, 0.3) is 0 Å². The van der Waals surface area contributed by atoms with E-state index in [1.165, 1.54) is 37.8 Å². The summed E-state index contributed by atoms with van der Waals surface area (Å²) in [5.74, 6) is 0. The van der Waals surface area contributed by atoms with Crippen LogP contribution in [-0.2, 0) is 10.0 Å². The summed E-state index contributed by atoms with van der Waals surface area (Å²) in [4.78, 5) is 6.78. The Morgan fingerprint density at radius 1 is 1.03 bits per heavy atom. The third-order valence-electron chi connectivity index (χ3n) is 6.63. The minimum absolute atomic E-state index is 0.0898. The number of anilines is 2. The summed E-state index contributed by atoms with van der Waals surface area (Å²) in [6.45, 7) is 0. The van der Waals surface area contributed by atoms with Gasteiger partial charge in [-0.25, -0.2) is 8.42 Å². The standard InChI is InChI=1S/C25H29N5O2S2/c1-34(31,32)28-18-12-14-20(15-13-18)30-24(23(27-25(30)33)21-10-5-6-16-26-21)22-11-7-17-29(22)19-8-3-2-4-9-19/h5-7,10-17,19,23-24,28H,2-4,8-9H2,1H3,(H,27,33). The molecule has 34 heavy (non-hydrogen) atoms. The minimum atomic E-state index is -3.34. The zero-order valence-corrected chi connectivity index (χ0v) is 20.7. The average molecular weight is 496 g/mol. The lowest BCUT2D eigenvalue weighted by Gasteiger charge is -2.32. The molecule has 2 aromatic heterocycles. The van der Waals surface area contributed by atoms with Gasteiger partial charge in [-0.3, -0.25) is 9.71 Å². The molecular formula is C25H29N5O2S2. The first-order valence-electron chi connectivity index (χ1n) is 11.7. The van der Waals surface area contributed by atoms with Crippen molar-refractivity contribution >= 4 is 38.7 Å². The molecule has 0 bridgehead atoms. The highest BCUT2D eigenvalue weighted by Crippen LogP contribution is 2.43. The van der Waals surface area contributed by atoms with Gasteiger partial charge in [0.05, 0.1) is 18.0 Å². The summed E-state index contributed by atoms with van der Waals surface area (Å²) < 4.78 is 28.2. The molecule has 5 rings (SSSR count). The Kier molecular flexibility index (Phi) is 6.31. The van der Waals surface area contributed by atoms with E-state index in [2.05, 4.69) is 42.8 Å². The number of nitrogens with zero attached hydrogens (tertiary/aromatic N) is 3. The van der Waals surface area contributed by atoms with Gasteiger partial charge < -0.3 is 14.8 Å². The molecule has 1 saturated carbocycles. The van der Waals surface area contributed by atoms with Crippen molar-refractivity contribution in [1.82, 2.24) is 14.9 Å². The normalized spacial score (nSPS) is 21.4. The zero-order valence-electron chi connectivity index (χ0n) is 19.1. The van der Waals surface area contributed by atoms with Crippen molar-refractivity contribution in [3.05, 3.63) is 78.4 Å². The van der Waals surface area contributed by atoms with Crippen molar-refractivity contribution in [2.24, 2.45) is 0 Å². The van der Waals surface area contributed by atoms with E-state index in [9.17, 15) is 8.42 Å². The highest BCUT2D eigenvalue weighted by atomic mass is 32.2. The van der Waals surface area contributed by atoms with Gasteiger partial charge in [-0.15, -0.1) is 0 Å². The lowest BCUT2D eigenvalue weighted by Crippen LogP contribution is -2.31. The molecule has 2 unspecified atom stereocenters. The third-order valence-corrected chi connectivity index (χ3v) is 7.55. The van der Waals surface area contributed by atoms with Crippen LogP contribution in [0, 0.1) is 0 Å². The summed E-state index contributed by atoms with van der Waals surface area (Å²) in [7, 11) is -3.34. The smallest absolute Gasteiger partial charge is 0.229 e. The predicted molar refractivity (Wildman–Crippen MR) is 139 cm³/mol. The first-order valence-corrected chi connectivity index (χ1v) is 14.0.